The van der Waals surface area contributed by atoms with Gasteiger partial charge in [-0.3, -0.25) is 10.2 Å². The summed E-state index contributed by atoms with van der Waals surface area (Å²) in [4.78, 5) is 11.3. The van der Waals surface area contributed by atoms with Gasteiger partial charge >= 0.3 is 0 Å². The summed E-state index contributed by atoms with van der Waals surface area (Å²) in [7, 11) is 0. The van der Waals surface area contributed by atoms with Crippen molar-refractivity contribution in [3.8, 4) is 0 Å². The fourth-order valence-electron chi connectivity index (χ4n) is 1.74. The van der Waals surface area contributed by atoms with Crippen LogP contribution in [0.15, 0.2) is 24.3 Å². The molecule has 1 aromatic carbocycles. The van der Waals surface area contributed by atoms with Crippen LogP contribution in [0.3, 0.4) is 0 Å². The second-order valence-corrected chi connectivity index (χ2v) is 3.97. The molecule has 1 saturated heterocycles. The number of ether oxygens (including phenoxy) is 2. The molecule has 0 aliphatic carbocycles. The average molecular weight is 236 g/mol. The summed E-state index contributed by atoms with van der Waals surface area (Å²) in [5.74, 6) is 4.79. The molecule has 1 aliphatic rings. The molecule has 0 spiro atoms. The molecule has 2 rings (SSSR count). The highest BCUT2D eigenvalue weighted by atomic mass is 16.5. The van der Waals surface area contributed by atoms with Crippen molar-refractivity contribution in [2.24, 2.45) is 5.84 Å². The number of benzene rings is 1. The zero-order chi connectivity index (χ0) is 12.1. The first-order valence-corrected chi connectivity index (χ1v) is 5.59. The molecule has 0 aromatic heterocycles. The Kier molecular flexibility index (Phi) is 4.08. The summed E-state index contributed by atoms with van der Waals surface area (Å²) < 4.78 is 10.9. The minimum Gasteiger partial charge on any atom is -0.379 e. The summed E-state index contributed by atoms with van der Waals surface area (Å²) >= 11 is 0. The maximum atomic E-state index is 11.3. The van der Waals surface area contributed by atoms with Crippen molar-refractivity contribution in [3.05, 3.63) is 35.4 Å². The maximum Gasteiger partial charge on any atom is 0.265 e. The number of hydrazine groups is 1. The molecule has 3 N–H and O–H groups in total. The van der Waals surface area contributed by atoms with E-state index in [0.717, 1.165) is 18.6 Å². The van der Waals surface area contributed by atoms with Crippen LogP contribution in [-0.4, -0.2) is 25.2 Å². The summed E-state index contributed by atoms with van der Waals surface area (Å²) in [6.07, 6.45) is 1.10. The fourth-order valence-corrected chi connectivity index (χ4v) is 1.74. The molecule has 1 fully saturated rings. The van der Waals surface area contributed by atoms with Crippen LogP contribution < -0.4 is 11.3 Å². The standard InChI is InChI=1S/C12H16N2O3/c13-14-12(15)10-3-1-2-9(6-10)7-17-11-4-5-16-8-11/h1-3,6,11H,4-5,7-8,13H2,(H,14,15). The zero-order valence-electron chi connectivity index (χ0n) is 9.52. The van der Waals surface area contributed by atoms with E-state index in [-0.39, 0.29) is 12.0 Å². The molecule has 92 valence electrons. The largest absolute Gasteiger partial charge is 0.379 e. The molecule has 1 aromatic rings. The van der Waals surface area contributed by atoms with Gasteiger partial charge in [0, 0.05) is 12.2 Å². The van der Waals surface area contributed by atoms with E-state index in [1.54, 1.807) is 12.1 Å². The number of carbonyl (C=O) groups is 1. The summed E-state index contributed by atoms with van der Waals surface area (Å²) in [6, 6.07) is 7.22. The van der Waals surface area contributed by atoms with E-state index in [0.29, 0.717) is 18.8 Å². The minimum absolute atomic E-state index is 0.169. The van der Waals surface area contributed by atoms with Gasteiger partial charge in [0.2, 0.25) is 0 Å². The molecule has 1 heterocycles. The highest BCUT2D eigenvalue weighted by molar-refractivity contribution is 5.93. The van der Waals surface area contributed by atoms with Crippen LogP contribution >= 0.6 is 0 Å². The Morgan fingerprint density at radius 1 is 1.59 bits per heavy atom. The van der Waals surface area contributed by atoms with Crippen LogP contribution in [0.1, 0.15) is 22.3 Å². The first-order valence-electron chi connectivity index (χ1n) is 5.59. The van der Waals surface area contributed by atoms with E-state index in [4.69, 9.17) is 15.3 Å². The lowest BCUT2D eigenvalue weighted by molar-refractivity contribution is 0.0317. The SMILES string of the molecule is NNC(=O)c1cccc(COC2CCOC2)c1. The van der Waals surface area contributed by atoms with Gasteiger partial charge in [0.1, 0.15) is 0 Å². The van der Waals surface area contributed by atoms with Crippen molar-refractivity contribution < 1.29 is 14.3 Å². The second-order valence-electron chi connectivity index (χ2n) is 3.97. The van der Waals surface area contributed by atoms with Crippen molar-refractivity contribution in [3.63, 3.8) is 0 Å². The molecule has 0 bridgehead atoms. The molecule has 0 saturated carbocycles. The Bertz CT molecular complexity index is 389. The number of rotatable bonds is 4. The number of hydrogen-bond donors (Lipinski definition) is 2. The quantitative estimate of drug-likeness (QED) is 0.456. The van der Waals surface area contributed by atoms with Crippen LogP contribution in [0.2, 0.25) is 0 Å². The summed E-state index contributed by atoms with van der Waals surface area (Å²) in [6.45, 7) is 1.91. The molecule has 1 atom stereocenters. The molecule has 0 radical (unpaired) electrons. The second kappa shape index (κ2) is 5.77. The molecule has 5 nitrogen and oxygen atoms in total. The lowest BCUT2D eigenvalue weighted by Gasteiger charge is -2.10. The first kappa shape index (κ1) is 12.0. The Hall–Kier alpha value is -1.43. The van der Waals surface area contributed by atoms with Gasteiger partial charge in [0.25, 0.3) is 5.91 Å². The molecular weight excluding hydrogens is 220 g/mol. The van der Waals surface area contributed by atoms with E-state index in [2.05, 4.69) is 5.43 Å². The third-order valence-corrected chi connectivity index (χ3v) is 2.69. The highest BCUT2D eigenvalue weighted by Gasteiger charge is 2.15. The van der Waals surface area contributed by atoms with Crippen LogP contribution in [-0.2, 0) is 16.1 Å². The molecule has 17 heavy (non-hydrogen) atoms. The van der Waals surface area contributed by atoms with Gasteiger partial charge in [-0.05, 0) is 24.1 Å². The summed E-state index contributed by atoms with van der Waals surface area (Å²) in [5, 5.41) is 0. The van der Waals surface area contributed by atoms with Gasteiger partial charge < -0.3 is 9.47 Å². The lowest BCUT2D eigenvalue weighted by atomic mass is 10.1. The highest BCUT2D eigenvalue weighted by Crippen LogP contribution is 2.12. The van der Waals surface area contributed by atoms with Crippen molar-refractivity contribution in [2.45, 2.75) is 19.1 Å². The Morgan fingerprint density at radius 2 is 2.47 bits per heavy atom. The van der Waals surface area contributed by atoms with Crippen LogP contribution in [0.4, 0.5) is 0 Å². The van der Waals surface area contributed by atoms with Crippen LogP contribution in [0, 0.1) is 0 Å². The van der Waals surface area contributed by atoms with E-state index >= 15 is 0 Å². The molecule has 5 heteroatoms. The van der Waals surface area contributed by atoms with E-state index in [1.165, 1.54) is 0 Å². The number of nitrogens with two attached hydrogens (primary N) is 1. The first-order chi connectivity index (χ1) is 8.29. The van der Waals surface area contributed by atoms with E-state index in [1.807, 2.05) is 12.1 Å². The van der Waals surface area contributed by atoms with Crippen LogP contribution in [0.25, 0.3) is 0 Å². The van der Waals surface area contributed by atoms with Gasteiger partial charge in [-0.15, -0.1) is 0 Å². The summed E-state index contributed by atoms with van der Waals surface area (Å²) in [5.41, 5.74) is 3.60. The monoisotopic (exact) mass is 236 g/mol. The van der Waals surface area contributed by atoms with E-state index < -0.39 is 0 Å². The fraction of sp³-hybridized carbons (Fsp3) is 0.417. The number of nitrogens with one attached hydrogen (secondary N) is 1. The third kappa shape index (κ3) is 3.26. The minimum atomic E-state index is -0.295. The normalized spacial score (nSPS) is 19.2. The predicted octanol–water partition coefficient (Wildman–Crippen LogP) is 0.596. The van der Waals surface area contributed by atoms with Crippen molar-refractivity contribution >= 4 is 5.91 Å². The Morgan fingerprint density at radius 3 is 3.18 bits per heavy atom. The third-order valence-electron chi connectivity index (χ3n) is 2.69. The topological polar surface area (TPSA) is 73.6 Å². The van der Waals surface area contributed by atoms with Gasteiger partial charge in [0.05, 0.1) is 19.3 Å². The van der Waals surface area contributed by atoms with Gasteiger partial charge in [-0.25, -0.2) is 5.84 Å². The van der Waals surface area contributed by atoms with Crippen molar-refractivity contribution in [2.75, 3.05) is 13.2 Å². The maximum absolute atomic E-state index is 11.3. The van der Waals surface area contributed by atoms with Crippen molar-refractivity contribution in [1.29, 1.82) is 0 Å². The Labute approximate surface area is 99.9 Å². The Balaban J connectivity index is 1.93. The van der Waals surface area contributed by atoms with Crippen LogP contribution in [0.5, 0.6) is 0 Å². The molecule has 1 unspecified atom stereocenters. The van der Waals surface area contributed by atoms with Crippen molar-refractivity contribution in [1.82, 2.24) is 5.43 Å². The van der Waals surface area contributed by atoms with E-state index in [9.17, 15) is 4.79 Å². The van der Waals surface area contributed by atoms with Gasteiger partial charge in [-0.2, -0.15) is 0 Å². The smallest absolute Gasteiger partial charge is 0.265 e. The predicted molar refractivity (Wildman–Crippen MR) is 62.1 cm³/mol. The van der Waals surface area contributed by atoms with Gasteiger partial charge in [-0.1, -0.05) is 12.1 Å². The number of nitrogen functional groups attached to an aromatic ring is 1. The molecule has 1 amide bonds. The number of amides is 1. The van der Waals surface area contributed by atoms with Gasteiger partial charge in [0.15, 0.2) is 0 Å². The molecule has 1 aliphatic heterocycles. The lowest BCUT2D eigenvalue weighted by Crippen LogP contribution is -2.30. The average Bonchev–Trinajstić information content (AvgIpc) is 2.89. The zero-order valence-corrected chi connectivity index (χ0v) is 9.52. The molecular formula is C12H16N2O3. The number of carbonyl (C=O) groups excluding carboxylic acids is 1. The number of hydrogen-bond acceptors (Lipinski definition) is 4.